The van der Waals surface area contributed by atoms with E-state index < -0.39 is 0 Å². The van der Waals surface area contributed by atoms with Crippen LogP contribution in [0.1, 0.15) is 38.1 Å². The molecule has 1 N–H and O–H groups in total. The van der Waals surface area contributed by atoms with Crippen LogP contribution in [0.5, 0.6) is 0 Å². The molecule has 1 aliphatic rings. The van der Waals surface area contributed by atoms with Crippen molar-refractivity contribution in [2.45, 2.75) is 26.6 Å². The standard InChI is InChI=1S/C24H22N4O3/c1-16-7-9-19(31-16)14-25-23(29)18-8-10-21-20(13-18)26-22-24(30)27(11-12-28(21)22)15-17-5-3-2-4-6-17/h2-10,13H,11-12,14-15H2,1H3,(H,25,29). The van der Waals surface area contributed by atoms with E-state index in [1.54, 1.807) is 12.1 Å². The van der Waals surface area contributed by atoms with E-state index in [-0.39, 0.29) is 11.8 Å². The van der Waals surface area contributed by atoms with Gasteiger partial charge in [0.05, 0.1) is 17.6 Å². The number of hydrogen-bond donors (Lipinski definition) is 1. The monoisotopic (exact) mass is 414 g/mol. The van der Waals surface area contributed by atoms with Gasteiger partial charge >= 0.3 is 0 Å². The molecule has 7 nitrogen and oxygen atoms in total. The number of aromatic nitrogens is 2. The molecule has 0 spiro atoms. The van der Waals surface area contributed by atoms with Crippen LogP contribution >= 0.6 is 0 Å². The quantitative estimate of drug-likeness (QED) is 0.542. The minimum absolute atomic E-state index is 0.0921. The molecule has 0 fully saturated rings. The topological polar surface area (TPSA) is 80.4 Å². The van der Waals surface area contributed by atoms with E-state index >= 15 is 0 Å². The maximum absolute atomic E-state index is 13.0. The van der Waals surface area contributed by atoms with Crippen LogP contribution in [0.2, 0.25) is 0 Å². The molecule has 2 amide bonds. The molecule has 3 heterocycles. The van der Waals surface area contributed by atoms with Crippen LogP contribution in [0, 0.1) is 6.92 Å². The second kappa shape index (κ2) is 7.75. The number of furan rings is 1. The maximum atomic E-state index is 13.0. The molecular weight excluding hydrogens is 392 g/mol. The zero-order valence-electron chi connectivity index (χ0n) is 17.2. The SMILES string of the molecule is Cc1ccc(CNC(=O)c2ccc3c(c2)nc2n3CCN(Cc3ccccc3)C2=O)o1. The van der Waals surface area contributed by atoms with Crippen LogP contribution in [0.25, 0.3) is 11.0 Å². The minimum atomic E-state index is -0.209. The summed E-state index contributed by atoms with van der Waals surface area (Å²) >= 11 is 0. The molecule has 2 aromatic carbocycles. The smallest absolute Gasteiger partial charge is 0.290 e. The van der Waals surface area contributed by atoms with Crippen molar-refractivity contribution in [1.82, 2.24) is 19.8 Å². The summed E-state index contributed by atoms with van der Waals surface area (Å²) in [5.41, 5.74) is 3.10. The summed E-state index contributed by atoms with van der Waals surface area (Å²) in [5.74, 6) is 1.62. The molecule has 0 unspecified atom stereocenters. The van der Waals surface area contributed by atoms with Crippen LogP contribution in [-0.2, 0) is 19.6 Å². The zero-order valence-corrected chi connectivity index (χ0v) is 17.2. The summed E-state index contributed by atoms with van der Waals surface area (Å²) in [5, 5.41) is 2.86. The first-order chi connectivity index (χ1) is 15.1. The lowest BCUT2D eigenvalue weighted by Gasteiger charge is -2.27. The van der Waals surface area contributed by atoms with Crippen molar-refractivity contribution in [2.24, 2.45) is 0 Å². The summed E-state index contributed by atoms with van der Waals surface area (Å²) in [4.78, 5) is 32.0. The summed E-state index contributed by atoms with van der Waals surface area (Å²) in [6.07, 6.45) is 0. The molecule has 156 valence electrons. The van der Waals surface area contributed by atoms with E-state index in [1.807, 2.05) is 64.9 Å². The van der Waals surface area contributed by atoms with E-state index in [0.717, 1.165) is 16.8 Å². The van der Waals surface area contributed by atoms with Gasteiger partial charge in [-0.1, -0.05) is 30.3 Å². The third-order valence-corrected chi connectivity index (χ3v) is 5.52. The largest absolute Gasteiger partial charge is 0.465 e. The highest BCUT2D eigenvalue weighted by molar-refractivity contribution is 6.00. The van der Waals surface area contributed by atoms with Gasteiger partial charge in [-0.15, -0.1) is 0 Å². The number of hydrogen-bond acceptors (Lipinski definition) is 4. The lowest BCUT2D eigenvalue weighted by molar-refractivity contribution is 0.0685. The molecule has 1 aliphatic heterocycles. The molecule has 0 aliphatic carbocycles. The molecule has 7 heteroatoms. The Kier molecular flexibility index (Phi) is 4.78. The van der Waals surface area contributed by atoms with Crippen molar-refractivity contribution >= 4 is 22.8 Å². The van der Waals surface area contributed by atoms with E-state index in [1.165, 1.54) is 0 Å². The Morgan fingerprint density at radius 3 is 2.71 bits per heavy atom. The van der Waals surface area contributed by atoms with Crippen molar-refractivity contribution in [3.05, 3.63) is 89.1 Å². The summed E-state index contributed by atoms with van der Waals surface area (Å²) < 4.78 is 7.42. The average molecular weight is 414 g/mol. The Bertz CT molecular complexity index is 1270. The number of nitrogens with zero attached hydrogens (tertiary/aromatic N) is 3. The first-order valence-corrected chi connectivity index (χ1v) is 10.3. The van der Waals surface area contributed by atoms with Gasteiger partial charge in [-0.25, -0.2) is 4.98 Å². The minimum Gasteiger partial charge on any atom is -0.465 e. The number of aryl methyl sites for hydroxylation is 1. The second-order valence-electron chi connectivity index (χ2n) is 7.70. The molecule has 2 aromatic heterocycles. The molecule has 5 rings (SSSR count). The fourth-order valence-corrected chi connectivity index (χ4v) is 3.93. The molecule has 0 radical (unpaired) electrons. The summed E-state index contributed by atoms with van der Waals surface area (Å²) in [7, 11) is 0. The fourth-order valence-electron chi connectivity index (χ4n) is 3.93. The van der Waals surface area contributed by atoms with Gasteiger partial charge < -0.3 is 19.2 Å². The van der Waals surface area contributed by atoms with Gasteiger partial charge in [-0.05, 0) is 42.8 Å². The number of amides is 2. The predicted molar refractivity (Wildman–Crippen MR) is 116 cm³/mol. The Morgan fingerprint density at radius 2 is 1.94 bits per heavy atom. The van der Waals surface area contributed by atoms with Gasteiger partial charge in [-0.2, -0.15) is 0 Å². The number of carbonyl (C=O) groups is 2. The Hall–Kier alpha value is -3.87. The maximum Gasteiger partial charge on any atom is 0.290 e. The highest BCUT2D eigenvalue weighted by atomic mass is 16.3. The van der Waals surface area contributed by atoms with E-state index in [4.69, 9.17) is 4.42 Å². The van der Waals surface area contributed by atoms with Crippen LogP contribution in [0.3, 0.4) is 0 Å². The van der Waals surface area contributed by atoms with E-state index in [9.17, 15) is 9.59 Å². The first kappa shape index (κ1) is 19.1. The molecule has 0 bridgehead atoms. The average Bonchev–Trinajstić information content (AvgIpc) is 3.37. The lowest BCUT2D eigenvalue weighted by atomic mass is 10.2. The van der Waals surface area contributed by atoms with Gasteiger partial charge in [0.25, 0.3) is 11.8 Å². The molecule has 4 aromatic rings. The van der Waals surface area contributed by atoms with Crippen LogP contribution < -0.4 is 5.32 Å². The predicted octanol–water partition coefficient (Wildman–Crippen LogP) is 3.52. The van der Waals surface area contributed by atoms with Gasteiger partial charge in [0.15, 0.2) is 5.82 Å². The molecule has 0 saturated carbocycles. The van der Waals surface area contributed by atoms with Gasteiger partial charge in [0.1, 0.15) is 11.5 Å². The first-order valence-electron chi connectivity index (χ1n) is 10.3. The highest BCUT2D eigenvalue weighted by Crippen LogP contribution is 2.23. The Balaban J connectivity index is 1.35. The lowest BCUT2D eigenvalue weighted by Crippen LogP contribution is -2.39. The number of benzene rings is 2. The fraction of sp³-hybridized carbons (Fsp3) is 0.208. The molecule has 31 heavy (non-hydrogen) atoms. The Labute approximate surface area is 179 Å². The van der Waals surface area contributed by atoms with Crippen molar-refractivity contribution in [2.75, 3.05) is 6.54 Å². The number of rotatable bonds is 5. The van der Waals surface area contributed by atoms with Crippen LogP contribution in [0.15, 0.2) is 65.1 Å². The van der Waals surface area contributed by atoms with Crippen molar-refractivity contribution in [3.8, 4) is 0 Å². The zero-order chi connectivity index (χ0) is 21.4. The number of imidazole rings is 1. The van der Waals surface area contributed by atoms with Crippen molar-refractivity contribution in [1.29, 1.82) is 0 Å². The Morgan fingerprint density at radius 1 is 1.10 bits per heavy atom. The van der Waals surface area contributed by atoms with Crippen LogP contribution in [0.4, 0.5) is 0 Å². The van der Waals surface area contributed by atoms with E-state index in [0.29, 0.717) is 48.8 Å². The third kappa shape index (κ3) is 3.70. The van der Waals surface area contributed by atoms with E-state index in [2.05, 4.69) is 10.3 Å². The van der Waals surface area contributed by atoms with Crippen molar-refractivity contribution in [3.63, 3.8) is 0 Å². The second-order valence-corrected chi connectivity index (χ2v) is 7.70. The molecule has 0 atom stereocenters. The number of carbonyl (C=O) groups excluding carboxylic acids is 2. The van der Waals surface area contributed by atoms with Crippen LogP contribution in [-0.4, -0.2) is 32.8 Å². The normalized spacial score (nSPS) is 13.5. The molecule has 0 saturated heterocycles. The summed E-state index contributed by atoms with van der Waals surface area (Å²) in [6, 6.07) is 19.0. The summed E-state index contributed by atoms with van der Waals surface area (Å²) in [6.45, 7) is 4.03. The van der Waals surface area contributed by atoms with Crippen molar-refractivity contribution < 1.29 is 14.0 Å². The molecular formula is C24H22N4O3. The highest BCUT2D eigenvalue weighted by Gasteiger charge is 2.28. The number of nitrogens with one attached hydrogen (secondary N) is 1. The van der Waals surface area contributed by atoms with Gasteiger partial charge in [0, 0.05) is 25.2 Å². The third-order valence-electron chi connectivity index (χ3n) is 5.52. The number of fused-ring (bicyclic) bond motifs is 3. The van der Waals surface area contributed by atoms with Gasteiger partial charge in [-0.3, -0.25) is 9.59 Å². The van der Waals surface area contributed by atoms with Gasteiger partial charge in [0.2, 0.25) is 0 Å².